The van der Waals surface area contributed by atoms with Gasteiger partial charge in [-0.2, -0.15) is 0 Å². The van der Waals surface area contributed by atoms with Crippen molar-refractivity contribution < 1.29 is 23.5 Å². The van der Waals surface area contributed by atoms with Crippen molar-refractivity contribution in [3.8, 4) is 17.2 Å². The van der Waals surface area contributed by atoms with Crippen LogP contribution in [0.15, 0.2) is 65.1 Å². The van der Waals surface area contributed by atoms with E-state index >= 15 is 0 Å². The Morgan fingerprint density at radius 3 is 2.54 bits per heavy atom. The van der Waals surface area contributed by atoms with Gasteiger partial charge >= 0.3 is 12.0 Å². The molecule has 2 aromatic carbocycles. The van der Waals surface area contributed by atoms with E-state index in [1.165, 1.54) is 6.08 Å². The zero-order valence-corrected chi connectivity index (χ0v) is 15.0. The average Bonchev–Trinajstić information content (AvgIpc) is 3.20. The summed E-state index contributed by atoms with van der Waals surface area (Å²) in [6, 6.07) is 16.2. The Morgan fingerprint density at radius 2 is 1.82 bits per heavy atom. The van der Waals surface area contributed by atoms with E-state index in [4.69, 9.17) is 13.9 Å². The summed E-state index contributed by atoms with van der Waals surface area (Å²) in [5.74, 6) is -0.251. The lowest BCUT2D eigenvalue weighted by Crippen LogP contribution is -2.20. The third-order valence-electron chi connectivity index (χ3n) is 3.57. The fourth-order valence-corrected chi connectivity index (χ4v) is 2.19. The van der Waals surface area contributed by atoms with Gasteiger partial charge in [0.1, 0.15) is 5.75 Å². The summed E-state index contributed by atoms with van der Waals surface area (Å²) >= 11 is 0. The molecule has 1 heterocycles. The van der Waals surface area contributed by atoms with E-state index in [-0.39, 0.29) is 11.9 Å². The zero-order valence-electron chi connectivity index (χ0n) is 15.0. The highest BCUT2D eigenvalue weighted by Gasteiger charge is 2.12. The number of rotatable bonds is 7. The van der Waals surface area contributed by atoms with E-state index in [1.807, 2.05) is 18.2 Å². The second-order valence-electron chi connectivity index (χ2n) is 5.54. The van der Waals surface area contributed by atoms with Gasteiger partial charge in [-0.15, -0.1) is 5.10 Å². The smallest absolute Gasteiger partial charge is 0.331 e. The van der Waals surface area contributed by atoms with Crippen molar-refractivity contribution >= 4 is 24.0 Å². The van der Waals surface area contributed by atoms with Gasteiger partial charge < -0.3 is 13.9 Å². The molecule has 0 atom stereocenters. The van der Waals surface area contributed by atoms with Gasteiger partial charge in [0.2, 0.25) is 5.89 Å². The van der Waals surface area contributed by atoms with Gasteiger partial charge in [-0.25, -0.2) is 4.79 Å². The van der Waals surface area contributed by atoms with E-state index in [2.05, 4.69) is 15.5 Å². The van der Waals surface area contributed by atoms with Crippen molar-refractivity contribution in [2.75, 3.05) is 19.0 Å². The third-order valence-corrected chi connectivity index (χ3v) is 3.57. The van der Waals surface area contributed by atoms with Gasteiger partial charge in [0.15, 0.2) is 6.61 Å². The van der Waals surface area contributed by atoms with Gasteiger partial charge in [-0.3, -0.25) is 10.1 Å². The number of hydrogen-bond acceptors (Lipinski definition) is 7. The number of ether oxygens (including phenoxy) is 2. The molecular formula is C20H17N3O5. The van der Waals surface area contributed by atoms with Crippen LogP contribution >= 0.6 is 0 Å². The van der Waals surface area contributed by atoms with Crippen LogP contribution in [-0.2, 0) is 14.3 Å². The highest BCUT2D eigenvalue weighted by Crippen LogP contribution is 2.18. The van der Waals surface area contributed by atoms with E-state index in [9.17, 15) is 9.59 Å². The molecule has 0 fully saturated rings. The molecule has 0 spiro atoms. The summed E-state index contributed by atoms with van der Waals surface area (Å²) in [6.45, 7) is -0.477. The van der Waals surface area contributed by atoms with E-state index in [0.717, 1.165) is 11.1 Å². The second kappa shape index (κ2) is 9.13. The topological polar surface area (TPSA) is 104 Å². The molecule has 142 valence electrons. The molecule has 0 unspecified atom stereocenters. The first kappa shape index (κ1) is 18.8. The predicted octanol–water partition coefficient (Wildman–Crippen LogP) is 2.94. The minimum Gasteiger partial charge on any atom is -0.497 e. The number of carbonyl (C=O) groups is 2. The highest BCUT2D eigenvalue weighted by atomic mass is 16.5. The first-order valence-electron chi connectivity index (χ1n) is 8.32. The van der Waals surface area contributed by atoms with E-state index in [1.54, 1.807) is 49.6 Å². The van der Waals surface area contributed by atoms with Crippen molar-refractivity contribution in [2.45, 2.75) is 0 Å². The van der Waals surface area contributed by atoms with Crippen LogP contribution in [0.5, 0.6) is 5.75 Å². The summed E-state index contributed by atoms with van der Waals surface area (Å²) in [7, 11) is 1.57. The number of aromatic nitrogens is 2. The lowest BCUT2D eigenvalue weighted by atomic mass is 10.2. The number of hydrogen-bond donors (Lipinski definition) is 1. The fourth-order valence-electron chi connectivity index (χ4n) is 2.19. The number of methoxy groups -OCH3 is 1. The lowest BCUT2D eigenvalue weighted by Gasteiger charge is -2.01. The first-order valence-corrected chi connectivity index (χ1v) is 8.32. The number of anilines is 1. The van der Waals surface area contributed by atoms with Crippen molar-refractivity contribution in [1.82, 2.24) is 10.2 Å². The molecule has 0 bridgehead atoms. The number of amides is 1. The molecule has 8 nitrogen and oxygen atoms in total. The zero-order chi connectivity index (χ0) is 19.8. The molecule has 1 N–H and O–H groups in total. The maximum Gasteiger partial charge on any atom is 0.331 e. The summed E-state index contributed by atoms with van der Waals surface area (Å²) in [5.41, 5.74) is 1.52. The molecule has 0 saturated carbocycles. The predicted molar refractivity (Wildman–Crippen MR) is 101 cm³/mol. The molecule has 28 heavy (non-hydrogen) atoms. The minimum atomic E-state index is -0.651. The minimum absolute atomic E-state index is 0.0753. The van der Waals surface area contributed by atoms with Gasteiger partial charge in [0, 0.05) is 11.6 Å². The molecule has 3 aromatic rings. The van der Waals surface area contributed by atoms with E-state index in [0.29, 0.717) is 5.75 Å². The molecule has 1 aromatic heterocycles. The molecule has 1 amide bonds. The molecule has 8 heteroatoms. The number of esters is 1. The lowest BCUT2D eigenvalue weighted by molar-refractivity contribution is -0.142. The summed E-state index contributed by atoms with van der Waals surface area (Å²) in [4.78, 5) is 23.6. The summed E-state index contributed by atoms with van der Waals surface area (Å²) in [5, 5.41) is 9.97. The second-order valence-corrected chi connectivity index (χ2v) is 5.54. The SMILES string of the molecule is COc1ccc(/C=C/C(=O)OCC(=O)Nc2nnc(-c3ccccc3)o2)cc1. The summed E-state index contributed by atoms with van der Waals surface area (Å²) in [6.07, 6.45) is 2.80. The molecule has 0 aliphatic carbocycles. The number of benzene rings is 2. The van der Waals surface area contributed by atoms with Crippen LogP contribution in [0, 0.1) is 0 Å². The molecule has 0 aliphatic heterocycles. The van der Waals surface area contributed by atoms with Crippen molar-refractivity contribution in [3.05, 3.63) is 66.2 Å². The maximum absolute atomic E-state index is 11.9. The molecule has 0 aliphatic rings. The normalized spacial score (nSPS) is 10.6. The van der Waals surface area contributed by atoms with Crippen LogP contribution in [0.3, 0.4) is 0 Å². The Kier molecular flexibility index (Phi) is 6.14. The van der Waals surface area contributed by atoms with Crippen molar-refractivity contribution in [3.63, 3.8) is 0 Å². The Balaban J connectivity index is 1.46. The van der Waals surface area contributed by atoms with Gasteiger partial charge in [0.25, 0.3) is 5.91 Å². The largest absolute Gasteiger partial charge is 0.497 e. The van der Waals surface area contributed by atoms with E-state index < -0.39 is 18.5 Å². The molecule has 0 radical (unpaired) electrons. The molecule has 3 rings (SSSR count). The standard InChI is InChI=1S/C20H17N3O5/c1-26-16-10-7-14(8-11-16)9-12-18(25)27-13-17(24)21-20-23-22-19(28-20)15-5-3-2-4-6-15/h2-12H,13H2,1H3,(H,21,23,24)/b12-9+. The monoisotopic (exact) mass is 379 g/mol. The number of nitrogens with one attached hydrogen (secondary N) is 1. The van der Waals surface area contributed by atoms with Crippen LogP contribution in [0.4, 0.5) is 6.01 Å². The first-order chi connectivity index (χ1) is 13.6. The number of nitrogens with zero attached hydrogens (tertiary/aromatic N) is 2. The van der Waals surface area contributed by atoms with Gasteiger partial charge in [0.05, 0.1) is 7.11 Å². The maximum atomic E-state index is 11.9. The van der Waals surface area contributed by atoms with Crippen LogP contribution in [-0.4, -0.2) is 35.8 Å². The van der Waals surface area contributed by atoms with Crippen LogP contribution in [0.25, 0.3) is 17.5 Å². The van der Waals surface area contributed by atoms with Crippen LogP contribution < -0.4 is 10.1 Å². The van der Waals surface area contributed by atoms with Crippen molar-refractivity contribution in [1.29, 1.82) is 0 Å². The van der Waals surface area contributed by atoms with Crippen molar-refractivity contribution in [2.24, 2.45) is 0 Å². The van der Waals surface area contributed by atoms with Gasteiger partial charge in [-0.05, 0) is 35.9 Å². The van der Waals surface area contributed by atoms with Gasteiger partial charge in [-0.1, -0.05) is 35.4 Å². The Bertz CT molecular complexity index is 965. The van der Waals surface area contributed by atoms with Crippen LogP contribution in [0.1, 0.15) is 5.56 Å². The Hall–Kier alpha value is -3.94. The fraction of sp³-hybridized carbons (Fsp3) is 0.100. The summed E-state index contributed by atoms with van der Waals surface area (Å²) < 4.78 is 15.3. The Labute approximate surface area is 160 Å². The Morgan fingerprint density at radius 1 is 1.07 bits per heavy atom. The quantitative estimate of drug-likeness (QED) is 0.497. The third kappa shape index (κ3) is 5.28. The highest BCUT2D eigenvalue weighted by molar-refractivity contribution is 5.93. The molecular weight excluding hydrogens is 362 g/mol. The van der Waals surface area contributed by atoms with Crippen LogP contribution in [0.2, 0.25) is 0 Å². The number of carbonyl (C=O) groups excluding carboxylic acids is 2. The average molecular weight is 379 g/mol. The molecule has 0 saturated heterocycles.